The summed E-state index contributed by atoms with van der Waals surface area (Å²) in [6.45, 7) is 6.65. The van der Waals surface area contributed by atoms with Crippen molar-refractivity contribution in [2.24, 2.45) is 17.8 Å². The number of fused-ring (bicyclic) bond motifs is 1. The number of amides is 1. The summed E-state index contributed by atoms with van der Waals surface area (Å²) in [5.41, 5.74) is 1.96. The first-order valence-corrected chi connectivity index (χ1v) is 12.2. The number of aromatic nitrogens is 2. The Morgan fingerprint density at radius 1 is 1.10 bits per heavy atom. The zero-order chi connectivity index (χ0) is 20.7. The number of hydrogen-bond acceptors (Lipinski definition) is 4. The predicted molar refractivity (Wildman–Crippen MR) is 116 cm³/mol. The van der Waals surface area contributed by atoms with Crippen molar-refractivity contribution in [2.75, 3.05) is 26.2 Å². The Morgan fingerprint density at radius 2 is 1.83 bits per heavy atom. The molecule has 1 N–H and O–H groups in total. The molecule has 2 aliphatic carbocycles. The van der Waals surface area contributed by atoms with E-state index in [-0.39, 0.29) is 17.4 Å². The molecule has 3 fully saturated rings. The first-order chi connectivity index (χ1) is 14.6. The van der Waals surface area contributed by atoms with E-state index < -0.39 is 0 Å². The fraction of sp³-hybridized carbons (Fsp3) is 0.792. The Labute approximate surface area is 179 Å². The molecule has 2 atom stereocenters. The number of aromatic amines is 1. The molecule has 6 nitrogen and oxygen atoms in total. The van der Waals surface area contributed by atoms with Crippen LogP contribution in [0.15, 0.2) is 4.79 Å². The van der Waals surface area contributed by atoms with Crippen LogP contribution < -0.4 is 5.56 Å². The number of rotatable bonds is 4. The van der Waals surface area contributed by atoms with E-state index in [2.05, 4.69) is 16.8 Å². The fourth-order valence-electron chi connectivity index (χ4n) is 5.86. The van der Waals surface area contributed by atoms with Crippen molar-refractivity contribution < 1.29 is 4.79 Å². The Morgan fingerprint density at radius 3 is 2.53 bits per heavy atom. The normalized spacial score (nSPS) is 28.4. The summed E-state index contributed by atoms with van der Waals surface area (Å²) < 4.78 is 0. The van der Waals surface area contributed by atoms with E-state index in [4.69, 9.17) is 4.98 Å². The Bertz CT molecular complexity index is 836. The number of carbonyl (C=O) groups excluding carboxylic acids is 1. The number of likely N-dealkylation sites (tertiary alicyclic amines) is 1. The summed E-state index contributed by atoms with van der Waals surface area (Å²) in [7, 11) is 0. The van der Waals surface area contributed by atoms with Gasteiger partial charge in [-0.15, -0.1) is 0 Å². The zero-order valence-electron chi connectivity index (χ0n) is 18.4. The molecule has 0 bridgehead atoms. The third-order valence-electron chi connectivity index (χ3n) is 8.03. The van der Waals surface area contributed by atoms with E-state index in [1.807, 2.05) is 4.90 Å². The van der Waals surface area contributed by atoms with Gasteiger partial charge in [0.2, 0.25) is 5.91 Å². The summed E-state index contributed by atoms with van der Waals surface area (Å²) in [4.78, 5) is 37.9. The van der Waals surface area contributed by atoms with Gasteiger partial charge in [-0.05, 0) is 43.9 Å². The van der Waals surface area contributed by atoms with Crippen molar-refractivity contribution in [2.45, 2.75) is 77.2 Å². The summed E-state index contributed by atoms with van der Waals surface area (Å²) in [5.74, 6) is 3.09. The van der Waals surface area contributed by atoms with E-state index >= 15 is 0 Å². The molecule has 30 heavy (non-hydrogen) atoms. The van der Waals surface area contributed by atoms with Crippen LogP contribution in [0.5, 0.6) is 0 Å². The van der Waals surface area contributed by atoms with E-state index in [0.717, 1.165) is 81.4 Å². The molecule has 0 radical (unpaired) electrons. The van der Waals surface area contributed by atoms with Gasteiger partial charge < -0.3 is 9.88 Å². The monoisotopic (exact) mass is 412 g/mol. The minimum atomic E-state index is 0.0636. The van der Waals surface area contributed by atoms with Crippen molar-refractivity contribution >= 4 is 5.91 Å². The third kappa shape index (κ3) is 4.20. The van der Waals surface area contributed by atoms with Crippen LogP contribution in [0.1, 0.15) is 81.3 Å². The van der Waals surface area contributed by atoms with Gasteiger partial charge in [0.05, 0.1) is 11.3 Å². The number of nitrogens with zero attached hydrogens (tertiary/aromatic N) is 3. The van der Waals surface area contributed by atoms with Gasteiger partial charge in [0.1, 0.15) is 5.82 Å². The van der Waals surface area contributed by atoms with Gasteiger partial charge in [-0.3, -0.25) is 14.5 Å². The molecule has 2 unspecified atom stereocenters. The lowest BCUT2D eigenvalue weighted by molar-refractivity contribution is -0.133. The number of carbonyl (C=O) groups is 1. The molecule has 4 aliphatic rings. The molecule has 1 saturated heterocycles. The first-order valence-electron chi connectivity index (χ1n) is 12.2. The maximum absolute atomic E-state index is 12.9. The summed E-state index contributed by atoms with van der Waals surface area (Å²) in [6, 6.07) is 0. The van der Waals surface area contributed by atoms with E-state index in [1.54, 1.807) is 0 Å². The van der Waals surface area contributed by atoms with Crippen LogP contribution in [-0.4, -0.2) is 51.9 Å². The number of H-pyrrole nitrogens is 1. The number of nitrogens with one attached hydrogen (secondary N) is 1. The second-order valence-electron chi connectivity index (χ2n) is 10.3. The standard InChI is InChI=1S/C24H36N4O2/c1-16-13-19(16)24(30)28-11-7-18(8-12-28)22-25-21-9-10-27(15-20(21)23(29)26-22)14-17-5-3-2-4-6-17/h16-19H,2-15H2,1H3,(H,25,26,29). The largest absolute Gasteiger partial charge is 0.342 e. The molecule has 164 valence electrons. The molecular weight excluding hydrogens is 376 g/mol. The van der Waals surface area contributed by atoms with Gasteiger partial charge >= 0.3 is 0 Å². The third-order valence-corrected chi connectivity index (χ3v) is 8.03. The second kappa shape index (κ2) is 8.45. The topological polar surface area (TPSA) is 69.3 Å². The molecule has 1 amide bonds. The van der Waals surface area contributed by atoms with Gasteiger partial charge in [0.15, 0.2) is 0 Å². The first kappa shape index (κ1) is 20.2. The highest BCUT2D eigenvalue weighted by Gasteiger charge is 2.42. The van der Waals surface area contributed by atoms with Gasteiger partial charge in [-0.1, -0.05) is 26.2 Å². The van der Waals surface area contributed by atoms with Crippen molar-refractivity contribution in [3.8, 4) is 0 Å². The molecule has 2 saturated carbocycles. The summed E-state index contributed by atoms with van der Waals surface area (Å²) in [5, 5.41) is 0. The maximum atomic E-state index is 12.9. The second-order valence-corrected chi connectivity index (χ2v) is 10.3. The molecule has 0 aromatic carbocycles. The highest BCUT2D eigenvalue weighted by atomic mass is 16.2. The Balaban J connectivity index is 1.21. The van der Waals surface area contributed by atoms with Crippen LogP contribution in [0.3, 0.4) is 0 Å². The lowest BCUT2D eigenvalue weighted by Crippen LogP contribution is -2.41. The van der Waals surface area contributed by atoms with Crippen molar-refractivity contribution in [3.05, 3.63) is 27.4 Å². The molecular formula is C24H36N4O2. The number of piperidine rings is 1. The van der Waals surface area contributed by atoms with Crippen LogP contribution >= 0.6 is 0 Å². The highest BCUT2D eigenvalue weighted by molar-refractivity contribution is 5.81. The van der Waals surface area contributed by atoms with E-state index in [0.29, 0.717) is 11.8 Å². The average Bonchev–Trinajstić information content (AvgIpc) is 3.51. The average molecular weight is 413 g/mol. The maximum Gasteiger partial charge on any atom is 0.255 e. The van der Waals surface area contributed by atoms with Crippen LogP contribution in [-0.2, 0) is 17.8 Å². The number of hydrogen-bond donors (Lipinski definition) is 1. The summed E-state index contributed by atoms with van der Waals surface area (Å²) in [6.07, 6.45) is 10.6. The van der Waals surface area contributed by atoms with Gasteiger partial charge in [-0.2, -0.15) is 0 Å². The fourth-order valence-corrected chi connectivity index (χ4v) is 5.86. The molecule has 1 aromatic rings. The van der Waals surface area contributed by atoms with Gasteiger partial charge in [-0.25, -0.2) is 4.98 Å². The predicted octanol–water partition coefficient (Wildman–Crippen LogP) is 3.07. The molecule has 2 aliphatic heterocycles. The Kier molecular flexibility index (Phi) is 5.69. The lowest BCUT2D eigenvalue weighted by Gasteiger charge is -2.34. The molecule has 5 rings (SSSR count). The molecule has 1 aromatic heterocycles. The quantitative estimate of drug-likeness (QED) is 0.825. The minimum Gasteiger partial charge on any atom is -0.342 e. The lowest BCUT2D eigenvalue weighted by atomic mass is 9.88. The van der Waals surface area contributed by atoms with Crippen molar-refractivity contribution in [1.29, 1.82) is 0 Å². The van der Waals surface area contributed by atoms with Gasteiger partial charge in [0, 0.05) is 51.0 Å². The Hall–Kier alpha value is -1.69. The smallest absolute Gasteiger partial charge is 0.255 e. The SMILES string of the molecule is CC1CC1C(=O)N1CCC(c2nc3c(c(=O)[nH]2)CN(CC2CCCCC2)CC3)CC1. The highest BCUT2D eigenvalue weighted by Crippen LogP contribution is 2.40. The van der Waals surface area contributed by atoms with Crippen LogP contribution in [0.2, 0.25) is 0 Å². The van der Waals surface area contributed by atoms with Crippen LogP contribution in [0.4, 0.5) is 0 Å². The van der Waals surface area contributed by atoms with Crippen molar-refractivity contribution in [1.82, 2.24) is 19.8 Å². The summed E-state index contributed by atoms with van der Waals surface area (Å²) >= 11 is 0. The molecule has 6 heteroatoms. The van der Waals surface area contributed by atoms with E-state index in [1.165, 1.54) is 32.1 Å². The van der Waals surface area contributed by atoms with Crippen LogP contribution in [0, 0.1) is 17.8 Å². The molecule has 0 spiro atoms. The zero-order valence-corrected chi connectivity index (χ0v) is 18.4. The molecule has 3 heterocycles. The van der Waals surface area contributed by atoms with Crippen LogP contribution in [0.25, 0.3) is 0 Å². The minimum absolute atomic E-state index is 0.0636. The van der Waals surface area contributed by atoms with Gasteiger partial charge in [0.25, 0.3) is 5.56 Å². The van der Waals surface area contributed by atoms with Crippen molar-refractivity contribution in [3.63, 3.8) is 0 Å². The van der Waals surface area contributed by atoms with E-state index in [9.17, 15) is 9.59 Å².